The van der Waals surface area contributed by atoms with Crippen molar-refractivity contribution in [2.24, 2.45) is 29.1 Å². The highest BCUT2D eigenvalue weighted by molar-refractivity contribution is 6.73. The maximum absolute atomic E-state index is 12.5. The van der Waals surface area contributed by atoms with Gasteiger partial charge in [0.05, 0.1) is 6.61 Å². The normalized spacial score (nSPS) is 28.7. The highest BCUT2D eigenvalue weighted by Crippen LogP contribution is 2.55. The number of carbonyl (C=O) groups is 1. The molecule has 0 heterocycles. The van der Waals surface area contributed by atoms with Crippen LogP contribution in [0.25, 0.3) is 0 Å². The minimum atomic E-state index is -1.69. The fourth-order valence-corrected chi connectivity index (χ4v) is 9.76. The maximum Gasteiger partial charge on any atom is 0.192 e. The molecule has 0 N–H and O–H groups in total. The number of fused-ring (bicyclic) bond motifs is 1. The van der Waals surface area contributed by atoms with Gasteiger partial charge in [0.1, 0.15) is 6.29 Å². The van der Waals surface area contributed by atoms with Crippen LogP contribution in [0.3, 0.4) is 0 Å². The van der Waals surface area contributed by atoms with Gasteiger partial charge >= 0.3 is 0 Å². The predicted molar refractivity (Wildman–Crippen MR) is 153 cm³/mol. The molecule has 1 aromatic carbocycles. The molecule has 0 amide bonds. The van der Waals surface area contributed by atoms with E-state index in [-0.39, 0.29) is 17.4 Å². The van der Waals surface area contributed by atoms with E-state index >= 15 is 0 Å². The summed E-state index contributed by atoms with van der Waals surface area (Å²) < 4.78 is 12.9. The summed E-state index contributed by atoms with van der Waals surface area (Å²) in [4.78, 5) is 12.5. The van der Waals surface area contributed by atoms with Crippen molar-refractivity contribution < 1.29 is 14.0 Å². The Hall–Kier alpha value is -1.23. The van der Waals surface area contributed by atoms with E-state index in [0.717, 1.165) is 32.3 Å². The number of rotatable bonds is 16. The molecular formula is C32H52O3Si. The second-order valence-corrected chi connectivity index (χ2v) is 16.6. The van der Waals surface area contributed by atoms with Crippen LogP contribution in [0.5, 0.6) is 0 Å². The largest absolute Gasteiger partial charge is 0.414 e. The number of allylic oxidation sites excluding steroid dienone is 2. The first kappa shape index (κ1) is 29.3. The Kier molecular flexibility index (Phi) is 11.5. The molecule has 2 aliphatic rings. The first-order valence-electron chi connectivity index (χ1n) is 14.8. The van der Waals surface area contributed by atoms with Gasteiger partial charge in [0.2, 0.25) is 0 Å². The van der Waals surface area contributed by atoms with Crippen molar-refractivity contribution >= 4 is 14.6 Å². The van der Waals surface area contributed by atoms with Crippen molar-refractivity contribution in [3.63, 3.8) is 0 Å². The van der Waals surface area contributed by atoms with E-state index in [2.05, 4.69) is 71.0 Å². The van der Waals surface area contributed by atoms with Gasteiger partial charge < -0.3 is 14.0 Å². The Bertz CT molecular complexity index is 797. The lowest BCUT2D eigenvalue weighted by Gasteiger charge is -2.44. The van der Waals surface area contributed by atoms with Crippen molar-refractivity contribution in [3.05, 3.63) is 48.0 Å². The Morgan fingerprint density at radius 2 is 1.81 bits per heavy atom. The molecule has 202 valence electrons. The summed E-state index contributed by atoms with van der Waals surface area (Å²) in [7, 11) is -1.69. The summed E-state index contributed by atoms with van der Waals surface area (Å²) in [5.41, 5.74) is 1.36. The van der Waals surface area contributed by atoms with Gasteiger partial charge in [-0.25, -0.2) is 0 Å². The monoisotopic (exact) mass is 512 g/mol. The number of benzene rings is 1. The molecule has 0 aromatic heterocycles. The lowest BCUT2D eigenvalue weighted by atomic mass is 9.63. The summed E-state index contributed by atoms with van der Waals surface area (Å²) in [5.74, 6) is 1.49. The van der Waals surface area contributed by atoms with Gasteiger partial charge in [-0.05, 0) is 66.6 Å². The number of unbranched alkanes of at least 4 members (excludes halogenated alkanes) is 1. The Labute approximate surface area is 222 Å². The first-order valence-corrected chi connectivity index (χ1v) is 17.4. The third kappa shape index (κ3) is 7.42. The van der Waals surface area contributed by atoms with Crippen LogP contribution in [0.1, 0.15) is 85.1 Å². The van der Waals surface area contributed by atoms with E-state index in [1.807, 2.05) is 6.07 Å². The quantitative estimate of drug-likeness (QED) is 0.0962. The molecule has 0 aliphatic heterocycles. The maximum atomic E-state index is 12.5. The van der Waals surface area contributed by atoms with Crippen LogP contribution in [0.15, 0.2) is 42.5 Å². The highest BCUT2D eigenvalue weighted by atomic mass is 28.4. The predicted octanol–water partition coefficient (Wildman–Crippen LogP) is 8.60. The molecule has 4 heteroatoms. The third-order valence-corrected chi connectivity index (χ3v) is 14.3. The smallest absolute Gasteiger partial charge is 0.192 e. The molecule has 6 atom stereocenters. The van der Waals surface area contributed by atoms with Gasteiger partial charge in [-0.15, -0.1) is 0 Å². The number of hydrogen-bond donors (Lipinski definition) is 0. The molecule has 36 heavy (non-hydrogen) atoms. The number of hydrogen-bond acceptors (Lipinski definition) is 3. The molecule has 0 unspecified atom stereocenters. The molecule has 3 rings (SSSR count). The summed E-state index contributed by atoms with van der Waals surface area (Å²) in [6, 6.07) is 13.9. The van der Waals surface area contributed by atoms with Crippen LogP contribution >= 0.6 is 0 Å². The average molecular weight is 513 g/mol. The minimum absolute atomic E-state index is 0.100. The third-order valence-electron chi connectivity index (χ3n) is 9.59. The summed E-state index contributed by atoms with van der Waals surface area (Å²) in [6.07, 6.45) is 14.6. The fourth-order valence-electron chi connectivity index (χ4n) is 6.85. The van der Waals surface area contributed by atoms with Crippen molar-refractivity contribution in [2.45, 2.75) is 110 Å². The average Bonchev–Trinajstić information content (AvgIpc) is 3.24. The molecule has 0 spiro atoms. The molecule has 1 aromatic rings. The molecule has 3 nitrogen and oxygen atoms in total. The van der Waals surface area contributed by atoms with Gasteiger partial charge in [-0.2, -0.15) is 0 Å². The Morgan fingerprint density at radius 3 is 2.47 bits per heavy atom. The summed E-state index contributed by atoms with van der Waals surface area (Å²) in [6.45, 7) is 13.2. The standard InChI is InChI=1S/C32H52O3Si/c1-6-36(7-2,8-3)35-30-20-22-32(5)21-19-28(29(24-33)31(30)32)18-17-26(4)14-12-13-23-34-25-27-15-10-9-11-16-27/h9-11,15-16,19,21,24,26,28-31H,6-8,12-14,17-18,20,22-23,25H2,1-5H3/t26-,28+,29+,30-,31+,32-/m0/s1. The molecule has 0 radical (unpaired) electrons. The van der Waals surface area contributed by atoms with E-state index in [0.29, 0.717) is 24.4 Å². The van der Waals surface area contributed by atoms with Crippen molar-refractivity contribution in [3.8, 4) is 0 Å². The topological polar surface area (TPSA) is 35.5 Å². The SMILES string of the molecule is CC[Si](CC)(CC)O[C@H]1CC[C@]2(C)C=C[C@@H](CC[C@@H](C)CCCCOCc3ccccc3)[C@@H](C=O)[C@H]12. The summed E-state index contributed by atoms with van der Waals surface area (Å²) in [5, 5.41) is 0. The number of ether oxygens (including phenoxy) is 1. The van der Waals surface area contributed by atoms with E-state index in [1.165, 1.54) is 49.2 Å². The lowest BCUT2D eigenvalue weighted by Crippen LogP contribution is -2.47. The van der Waals surface area contributed by atoms with Crippen LogP contribution in [0, 0.1) is 29.1 Å². The van der Waals surface area contributed by atoms with E-state index < -0.39 is 8.32 Å². The van der Waals surface area contributed by atoms with Crippen LogP contribution in [-0.2, 0) is 20.6 Å². The van der Waals surface area contributed by atoms with Crippen LogP contribution in [-0.4, -0.2) is 27.3 Å². The van der Waals surface area contributed by atoms with Crippen LogP contribution < -0.4 is 0 Å². The second kappa shape index (κ2) is 14.1. The van der Waals surface area contributed by atoms with Gasteiger partial charge in [0, 0.05) is 24.5 Å². The highest BCUT2D eigenvalue weighted by Gasteiger charge is 2.53. The van der Waals surface area contributed by atoms with E-state index in [4.69, 9.17) is 9.16 Å². The zero-order valence-corrected chi connectivity index (χ0v) is 24.7. The van der Waals surface area contributed by atoms with Crippen molar-refractivity contribution in [2.75, 3.05) is 6.61 Å². The van der Waals surface area contributed by atoms with E-state index in [9.17, 15) is 4.79 Å². The Balaban J connectivity index is 1.46. The lowest BCUT2D eigenvalue weighted by molar-refractivity contribution is -0.117. The molecule has 0 bridgehead atoms. The minimum Gasteiger partial charge on any atom is -0.414 e. The molecular weight excluding hydrogens is 460 g/mol. The number of aldehydes is 1. The summed E-state index contributed by atoms with van der Waals surface area (Å²) >= 11 is 0. The molecule has 0 saturated heterocycles. The Morgan fingerprint density at radius 1 is 1.08 bits per heavy atom. The van der Waals surface area contributed by atoms with Gasteiger partial charge in [-0.3, -0.25) is 0 Å². The fraction of sp³-hybridized carbons (Fsp3) is 0.719. The van der Waals surface area contributed by atoms with Gasteiger partial charge in [0.25, 0.3) is 0 Å². The second-order valence-electron chi connectivity index (χ2n) is 11.9. The van der Waals surface area contributed by atoms with Crippen LogP contribution in [0.4, 0.5) is 0 Å². The van der Waals surface area contributed by atoms with E-state index in [1.54, 1.807) is 0 Å². The van der Waals surface area contributed by atoms with Gasteiger partial charge in [0.15, 0.2) is 8.32 Å². The molecule has 1 fully saturated rings. The van der Waals surface area contributed by atoms with Crippen LogP contribution in [0.2, 0.25) is 18.1 Å². The zero-order valence-electron chi connectivity index (χ0n) is 23.7. The van der Waals surface area contributed by atoms with Crippen molar-refractivity contribution in [1.29, 1.82) is 0 Å². The molecule has 1 saturated carbocycles. The molecule has 2 aliphatic carbocycles. The first-order chi connectivity index (χ1) is 17.4. The van der Waals surface area contributed by atoms with Gasteiger partial charge in [-0.1, -0.05) is 96.4 Å². The van der Waals surface area contributed by atoms with Crippen molar-refractivity contribution in [1.82, 2.24) is 0 Å². The zero-order chi connectivity index (χ0) is 26.0. The number of carbonyl (C=O) groups excluding carboxylic acids is 1.